The van der Waals surface area contributed by atoms with Gasteiger partial charge in [-0.25, -0.2) is 4.79 Å². The van der Waals surface area contributed by atoms with Crippen LogP contribution in [0, 0.1) is 0 Å². The van der Waals surface area contributed by atoms with E-state index in [1.165, 1.54) is 0 Å². The van der Waals surface area contributed by atoms with Crippen LogP contribution in [-0.4, -0.2) is 58.6 Å². The molecule has 0 saturated carbocycles. The molecule has 1 heterocycles. The highest BCUT2D eigenvalue weighted by atomic mass is 16.6. The highest BCUT2D eigenvalue weighted by molar-refractivity contribution is 5.82. The number of amides is 2. The minimum atomic E-state index is -0.528. The Kier molecular flexibility index (Phi) is 6.23. The molecule has 1 aliphatic rings. The van der Waals surface area contributed by atoms with Gasteiger partial charge >= 0.3 is 6.09 Å². The smallest absolute Gasteiger partial charge is 0.410 e. The lowest BCUT2D eigenvalue weighted by molar-refractivity contribution is -0.137. The van der Waals surface area contributed by atoms with Crippen molar-refractivity contribution in [2.75, 3.05) is 13.1 Å². The molecule has 0 aliphatic carbocycles. The minimum absolute atomic E-state index is 0.000214. The summed E-state index contributed by atoms with van der Waals surface area (Å²) in [5.74, 6) is -0.0639. The van der Waals surface area contributed by atoms with Gasteiger partial charge in [0.25, 0.3) is 0 Å². The van der Waals surface area contributed by atoms with Crippen LogP contribution >= 0.6 is 0 Å². The molecule has 0 aromatic heterocycles. The summed E-state index contributed by atoms with van der Waals surface area (Å²) in [6, 6.07) is -0.471. The van der Waals surface area contributed by atoms with Gasteiger partial charge in [0.1, 0.15) is 5.60 Å². The van der Waals surface area contributed by atoms with Gasteiger partial charge in [-0.1, -0.05) is 0 Å². The van der Waals surface area contributed by atoms with Gasteiger partial charge in [-0.3, -0.25) is 4.79 Å². The zero-order chi connectivity index (χ0) is 17.1. The van der Waals surface area contributed by atoms with Crippen LogP contribution in [0.4, 0.5) is 4.79 Å². The van der Waals surface area contributed by atoms with Crippen LogP contribution in [0.2, 0.25) is 0 Å². The summed E-state index contributed by atoms with van der Waals surface area (Å²) in [5, 5.41) is 0. The molecule has 2 atom stereocenters. The molecule has 1 aliphatic heterocycles. The molecule has 6 heteroatoms. The topological polar surface area (TPSA) is 75.9 Å². The lowest BCUT2D eigenvalue weighted by atomic mass is 10.0. The van der Waals surface area contributed by atoms with Crippen molar-refractivity contribution in [3.63, 3.8) is 0 Å². The Morgan fingerprint density at radius 1 is 1.27 bits per heavy atom. The number of rotatable bonds is 3. The first kappa shape index (κ1) is 18.7. The number of ether oxygens (including phenoxy) is 1. The van der Waals surface area contributed by atoms with Crippen LogP contribution in [0.25, 0.3) is 0 Å². The second-order valence-corrected chi connectivity index (χ2v) is 7.35. The number of piperidine rings is 1. The molecular weight excluding hydrogens is 282 g/mol. The van der Waals surface area contributed by atoms with E-state index < -0.39 is 11.6 Å². The molecule has 2 N–H and O–H groups in total. The molecule has 0 aromatic rings. The number of nitrogens with two attached hydrogens (primary N) is 1. The Balaban J connectivity index is 2.79. The van der Waals surface area contributed by atoms with E-state index in [1.807, 2.05) is 39.5 Å². The fourth-order valence-corrected chi connectivity index (χ4v) is 2.77. The molecule has 1 fully saturated rings. The first-order valence-corrected chi connectivity index (χ1v) is 8.08. The molecule has 128 valence electrons. The molecule has 1 saturated heterocycles. The fourth-order valence-electron chi connectivity index (χ4n) is 2.77. The molecule has 2 unspecified atom stereocenters. The highest BCUT2D eigenvalue weighted by Gasteiger charge is 2.34. The summed E-state index contributed by atoms with van der Waals surface area (Å²) in [5.41, 5.74) is 5.25. The average molecular weight is 313 g/mol. The van der Waals surface area contributed by atoms with Crippen LogP contribution in [0.15, 0.2) is 0 Å². The maximum absolute atomic E-state index is 12.4. The van der Waals surface area contributed by atoms with Crippen molar-refractivity contribution in [3.8, 4) is 0 Å². The summed E-state index contributed by atoms with van der Waals surface area (Å²) in [6.45, 7) is 12.4. The number of carbonyl (C=O) groups excluding carboxylic acids is 2. The number of hydrogen-bond acceptors (Lipinski definition) is 4. The highest BCUT2D eigenvalue weighted by Crippen LogP contribution is 2.21. The lowest BCUT2D eigenvalue weighted by Gasteiger charge is -2.42. The second-order valence-electron chi connectivity index (χ2n) is 7.35. The van der Waals surface area contributed by atoms with E-state index in [-0.39, 0.29) is 24.1 Å². The summed E-state index contributed by atoms with van der Waals surface area (Å²) in [6.07, 6.45) is 1.43. The van der Waals surface area contributed by atoms with Crippen molar-refractivity contribution in [2.45, 2.75) is 78.1 Å². The van der Waals surface area contributed by atoms with Crippen LogP contribution in [-0.2, 0) is 9.53 Å². The van der Waals surface area contributed by atoms with Crippen LogP contribution in [0.5, 0.6) is 0 Å². The summed E-state index contributed by atoms with van der Waals surface area (Å²) < 4.78 is 5.43. The van der Waals surface area contributed by atoms with Gasteiger partial charge in [-0.05, 0) is 54.4 Å². The molecule has 6 nitrogen and oxygen atoms in total. The Hall–Kier alpha value is -1.30. The quantitative estimate of drug-likeness (QED) is 0.864. The molecule has 1 rings (SSSR count). The maximum Gasteiger partial charge on any atom is 0.410 e. The van der Waals surface area contributed by atoms with E-state index in [1.54, 1.807) is 11.8 Å². The summed E-state index contributed by atoms with van der Waals surface area (Å²) >= 11 is 0. The summed E-state index contributed by atoms with van der Waals surface area (Å²) in [7, 11) is 0. The van der Waals surface area contributed by atoms with Crippen molar-refractivity contribution in [1.82, 2.24) is 9.80 Å². The van der Waals surface area contributed by atoms with Gasteiger partial charge in [-0.15, -0.1) is 0 Å². The molecule has 0 aromatic carbocycles. The predicted molar refractivity (Wildman–Crippen MR) is 86.5 cm³/mol. The van der Waals surface area contributed by atoms with E-state index in [0.717, 1.165) is 12.8 Å². The van der Waals surface area contributed by atoms with Crippen LogP contribution < -0.4 is 5.73 Å². The van der Waals surface area contributed by atoms with E-state index >= 15 is 0 Å². The van der Waals surface area contributed by atoms with E-state index in [4.69, 9.17) is 10.5 Å². The molecule has 0 radical (unpaired) electrons. The van der Waals surface area contributed by atoms with Gasteiger partial charge in [0.05, 0.1) is 6.04 Å². The van der Waals surface area contributed by atoms with Crippen molar-refractivity contribution >= 4 is 12.0 Å². The third kappa shape index (κ3) is 5.16. The van der Waals surface area contributed by atoms with Gasteiger partial charge in [0.2, 0.25) is 5.91 Å². The van der Waals surface area contributed by atoms with Crippen LogP contribution in [0.1, 0.15) is 54.4 Å². The van der Waals surface area contributed by atoms with E-state index in [9.17, 15) is 9.59 Å². The SMILES string of the molecule is CC(N)C(=O)N(C(C)C)C1CCCN(C(=O)OC(C)(C)C)C1. The van der Waals surface area contributed by atoms with Gasteiger partial charge in [0.15, 0.2) is 0 Å². The molecule has 22 heavy (non-hydrogen) atoms. The Morgan fingerprint density at radius 3 is 2.32 bits per heavy atom. The normalized spacial score (nSPS) is 20.7. The van der Waals surface area contributed by atoms with Gasteiger partial charge < -0.3 is 20.3 Å². The Bertz CT molecular complexity index is 402. The van der Waals surface area contributed by atoms with Gasteiger partial charge in [-0.2, -0.15) is 0 Å². The van der Waals surface area contributed by atoms with Crippen molar-refractivity contribution in [3.05, 3.63) is 0 Å². The molecule has 0 spiro atoms. The Morgan fingerprint density at radius 2 is 1.86 bits per heavy atom. The van der Waals surface area contributed by atoms with Crippen LogP contribution in [0.3, 0.4) is 0 Å². The number of nitrogens with zero attached hydrogens (tertiary/aromatic N) is 2. The van der Waals surface area contributed by atoms with Crippen molar-refractivity contribution in [1.29, 1.82) is 0 Å². The first-order chi connectivity index (χ1) is 10.0. The number of likely N-dealkylation sites (tertiary alicyclic amines) is 1. The van der Waals surface area contributed by atoms with Crippen molar-refractivity contribution < 1.29 is 14.3 Å². The maximum atomic E-state index is 12.4. The minimum Gasteiger partial charge on any atom is -0.444 e. The number of carbonyl (C=O) groups is 2. The molecular formula is C16H31N3O3. The Labute approximate surface area is 134 Å². The third-order valence-corrected chi connectivity index (χ3v) is 3.64. The zero-order valence-electron chi connectivity index (χ0n) is 14.8. The first-order valence-electron chi connectivity index (χ1n) is 8.08. The second kappa shape index (κ2) is 7.31. The van der Waals surface area contributed by atoms with E-state index in [0.29, 0.717) is 13.1 Å². The lowest BCUT2D eigenvalue weighted by Crippen LogP contribution is -2.57. The summed E-state index contributed by atoms with van der Waals surface area (Å²) in [4.78, 5) is 28.1. The van der Waals surface area contributed by atoms with Gasteiger partial charge in [0, 0.05) is 25.2 Å². The zero-order valence-corrected chi connectivity index (χ0v) is 14.8. The number of hydrogen-bond donors (Lipinski definition) is 1. The largest absolute Gasteiger partial charge is 0.444 e. The standard InChI is InChI=1S/C16H31N3O3/c1-11(2)19(14(20)12(3)17)13-8-7-9-18(10-13)15(21)22-16(4,5)6/h11-13H,7-10,17H2,1-6H3. The van der Waals surface area contributed by atoms with Crippen molar-refractivity contribution in [2.24, 2.45) is 5.73 Å². The molecule has 0 bridgehead atoms. The monoisotopic (exact) mass is 313 g/mol. The predicted octanol–water partition coefficient (Wildman–Crippen LogP) is 1.97. The fraction of sp³-hybridized carbons (Fsp3) is 0.875. The van der Waals surface area contributed by atoms with E-state index in [2.05, 4.69) is 0 Å². The average Bonchev–Trinajstić information content (AvgIpc) is 2.36. The molecule has 2 amide bonds. The third-order valence-electron chi connectivity index (χ3n) is 3.64.